The van der Waals surface area contributed by atoms with E-state index >= 15 is 0 Å². The van der Waals surface area contributed by atoms with Crippen LogP contribution in [0.25, 0.3) is 0 Å². The number of hydrogen-bond donors (Lipinski definition) is 2. The second-order valence-electron chi connectivity index (χ2n) is 4.31. The number of ether oxygens (including phenoxy) is 1. The van der Waals surface area contributed by atoms with Crippen LogP contribution in [-0.4, -0.2) is 60.3 Å². The van der Waals surface area contributed by atoms with Crippen molar-refractivity contribution in [1.29, 1.82) is 0 Å². The predicted molar refractivity (Wildman–Crippen MR) is 65.5 cm³/mol. The summed E-state index contributed by atoms with van der Waals surface area (Å²) in [4.78, 5) is 17.4. The van der Waals surface area contributed by atoms with Crippen LogP contribution >= 0.6 is 0 Å². The number of nitrogens with zero attached hydrogens (tertiary/aromatic N) is 2. The van der Waals surface area contributed by atoms with Gasteiger partial charge in [0.25, 0.3) is 5.91 Å². The van der Waals surface area contributed by atoms with Gasteiger partial charge in [-0.15, -0.1) is 0 Å². The fourth-order valence-electron chi connectivity index (χ4n) is 1.89. The quantitative estimate of drug-likeness (QED) is 0.781. The lowest BCUT2D eigenvalue weighted by molar-refractivity contribution is 0.0103. The molecule has 0 bridgehead atoms. The molecule has 1 aromatic rings. The Balaban J connectivity index is 1.95. The number of hydrogen-bond acceptors (Lipinski definition) is 5. The smallest absolute Gasteiger partial charge is 0.255 e. The molecule has 6 nitrogen and oxygen atoms in total. The number of morpholine rings is 1. The summed E-state index contributed by atoms with van der Waals surface area (Å²) in [5, 5.41) is 12.5. The second kappa shape index (κ2) is 5.79. The summed E-state index contributed by atoms with van der Waals surface area (Å²) >= 11 is 0. The number of carbonyl (C=O) groups excluding carboxylic acids is 1. The van der Waals surface area contributed by atoms with Gasteiger partial charge < -0.3 is 20.1 Å². The van der Waals surface area contributed by atoms with Gasteiger partial charge in [-0.1, -0.05) is 0 Å². The van der Waals surface area contributed by atoms with Crippen LogP contribution in [0.1, 0.15) is 10.4 Å². The summed E-state index contributed by atoms with van der Waals surface area (Å²) in [6, 6.07) is 1.41. The Morgan fingerprint density at radius 1 is 1.67 bits per heavy atom. The fraction of sp³-hybridized carbons (Fsp3) is 0.500. The standard InChI is InChI=1S/C12H17N3O3/c1-15(8-11-7-13-2-3-18-11)12(17)9-4-10(16)6-14-5-9/h4-6,11,13,16H,2-3,7-8H2,1H3. The average Bonchev–Trinajstić information content (AvgIpc) is 2.39. The molecular weight excluding hydrogens is 234 g/mol. The number of rotatable bonds is 3. The number of aromatic nitrogens is 1. The van der Waals surface area contributed by atoms with Gasteiger partial charge in [0, 0.05) is 32.9 Å². The molecule has 2 rings (SSSR count). The van der Waals surface area contributed by atoms with E-state index in [-0.39, 0.29) is 17.8 Å². The normalized spacial score (nSPS) is 19.5. The highest BCUT2D eigenvalue weighted by Crippen LogP contribution is 2.11. The summed E-state index contributed by atoms with van der Waals surface area (Å²) in [5.41, 5.74) is 0.376. The fourth-order valence-corrected chi connectivity index (χ4v) is 1.89. The van der Waals surface area contributed by atoms with Crippen molar-refractivity contribution in [3.05, 3.63) is 24.0 Å². The van der Waals surface area contributed by atoms with Crippen molar-refractivity contribution in [2.75, 3.05) is 33.3 Å². The van der Waals surface area contributed by atoms with Gasteiger partial charge in [-0.3, -0.25) is 9.78 Å². The minimum Gasteiger partial charge on any atom is -0.506 e. The molecule has 1 fully saturated rings. The molecular formula is C12H17N3O3. The van der Waals surface area contributed by atoms with Crippen LogP contribution in [0.4, 0.5) is 0 Å². The molecule has 1 aliphatic heterocycles. The first-order valence-corrected chi connectivity index (χ1v) is 5.88. The third-order valence-electron chi connectivity index (χ3n) is 2.80. The van der Waals surface area contributed by atoms with Crippen LogP contribution in [0.15, 0.2) is 18.5 Å². The number of carbonyl (C=O) groups is 1. The first-order valence-electron chi connectivity index (χ1n) is 5.88. The molecule has 0 aromatic carbocycles. The topological polar surface area (TPSA) is 74.7 Å². The van der Waals surface area contributed by atoms with E-state index < -0.39 is 0 Å². The van der Waals surface area contributed by atoms with Crippen molar-refractivity contribution in [2.24, 2.45) is 0 Å². The molecule has 2 N–H and O–H groups in total. The Bertz CT molecular complexity index is 419. The van der Waals surface area contributed by atoms with Crippen LogP contribution in [0.2, 0.25) is 0 Å². The third-order valence-corrected chi connectivity index (χ3v) is 2.80. The summed E-state index contributed by atoms with van der Waals surface area (Å²) < 4.78 is 5.54. The van der Waals surface area contributed by atoms with Gasteiger partial charge in [-0.25, -0.2) is 0 Å². The molecule has 6 heteroatoms. The van der Waals surface area contributed by atoms with E-state index in [1.807, 2.05) is 0 Å². The number of aromatic hydroxyl groups is 1. The maximum atomic E-state index is 12.1. The molecule has 1 saturated heterocycles. The van der Waals surface area contributed by atoms with E-state index in [9.17, 15) is 9.90 Å². The highest BCUT2D eigenvalue weighted by Gasteiger charge is 2.19. The molecule has 1 unspecified atom stereocenters. The monoisotopic (exact) mass is 251 g/mol. The summed E-state index contributed by atoms with van der Waals surface area (Å²) in [6.45, 7) is 2.78. The highest BCUT2D eigenvalue weighted by atomic mass is 16.5. The number of amides is 1. The zero-order valence-corrected chi connectivity index (χ0v) is 10.3. The van der Waals surface area contributed by atoms with Gasteiger partial charge in [-0.2, -0.15) is 0 Å². The van der Waals surface area contributed by atoms with Crippen molar-refractivity contribution >= 4 is 5.91 Å². The van der Waals surface area contributed by atoms with Crippen LogP contribution in [0, 0.1) is 0 Å². The van der Waals surface area contributed by atoms with Gasteiger partial charge in [0.2, 0.25) is 0 Å². The van der Waals surface area contributed by atoms with Crippen molar-refractivity contribution in [3.8, 4) is 5.75 Å². The van der Waals surface area contributed by atoms with Gasteiger partial charge in [0.05, 0.1) is 24.5 Å². The van der Waals surface area contributed by atoms with Gasteiger partial charge >= 0.3 is 0 Å². The summed E-state index contributed by atoms with van der Waals surface area (Å²) in [6.07, 6.45) is 2.75. The molecule has 0 saturated carbocycles. The van der Waals surface area contributed by atoms with Crippen LogP contribution in [0.5, 0.6) is 5.75 Å². The minimum absolute atomic E-state index is 0.00941. The van der Waals surface area contributed by atoms with Crippen LogP contribution in [0.3, 0.4) is 0 Å². The van der Waals surface area contributed by atoms with Crippen LogP contribution in [-0.2, 0) is 4.74 Å². The van der Waals surface area contributed by atoms with E-state index in [4.69, 9.17) is 4.74 Å². The SMILES string of the molecule is CN(CC1CNCCO1)C(=O)c1cncc(O)c1. The molecule has 0 aliphatic carbocycles. The van der Waals surface area contributed by atoms with E-state index in [2.05, 4.69) is 10.3 Å². The van der Waals surface area contributed by atoms with Crippen molar-refractivity contribution in [2.45, 2.75) is 6.10 Å². The Kier molecular flexibility index (Phi) is 4.11. The molecule has 1 atom stereocenters. The van der Waals surface area contributed by atoms with E-state index in [1.165, 1.54) is 18.5 Å². The van der Waals surface area contributed by atoms with E-state index in [0.29, 0.717) is 18.7 Å². The van der Waals surface area contributed by atoms with E-state index in [1.54, 1.807) is 11.9 Å². The van der Waals surface area contributed by atoms with Crippen LogP contribution < -0.4 is 5.32 Å². The molecule has 1 amide bonds. The number of nitrogens with one attached hydrogen (secondary N) is 1. The molecule has 2 heterocycles. The maximum absolute atomic E-state index is 12.1. The molecule has 0 radical (unpaired) electrons. The first kappa shape index (κ1) is 12.8. The lowest BCUT2D eigenvalue weighted by atomic mass is 10.2. The lowest BCUT2D eigenvalue weighted by Gasteiger charge is -2.28. The Labute approximate surface area is 106 Å². The number of pyridine rings is 1. The Hall–Kier alpha value is -1.66. The molecule has 18 heavy (non-hydrogen) atoms. The maximum Gasteiger partial charge on any atom is 0.255 e. The van der Waals surface area contributed by atoms with Crippen molar-refractivity contribution in [3.63, 3.8) is 0 Å². The van der Waals surface area contributed by atoms with E-state index in [0.717, 1.165) is 13.1 Å². The first-order chi connectivity index (χ1) is 8.66. The summed E-state index contributed by atoms with van der Waals surface area (Å²) in [5.74, 6) is -0.183. The Morgan fingerprint density at radius 2 is 2.50 bits per heavy atom. The summed E-state index contributed by atoms with van der Waals surface area (Å²) in [7, 11) is 1.71. The van der Waals surface area contributed by atoms with Crippen molar-refractivity contribution in [1.82, 2.24) is 15.2 Å². The molecule has 1 aromatic heterocycles. The highest BCUT2D eigenvalue weighted by molar-refractivity contribution is 5.94. The third kappa shape index (κ3) is 3.18. The minimum atomic E-state index is -0.174. The van der Waals surface area contributed by atoms with Gasteiger partial charge in [0.1, 0.15) is 5.75 Å². The predicted octanol–water partition coefficient (Wildman–Crippen LogP) is -0.152. The molecule has 98 valence electrons. The largest absolute Gasteiger partial charge is 0.506 e. The second-order valence-corrected chi connectivity index (χ2v) is 4.31. The zero-order valence-electron chi connectivity index (χ0n) is 10.3. The molecule has 0 spiro atoms. The zero-order chi connectivity index (χ0) is 13.0. The average molecular weight is 251 g/mol. The molecule has 1 aliphatic rings. The lowest BCUT2D eigenvalue weighted by Crippen LogP contribution is -2.45. The van der Waals surface area contributed by atoms with Crippen molar-refractivity contribution < 1.29 is 14.6 Å². The Morgan fingerprint density at radius 3 is 3.17 bits per heavy atom. The number of likely N-dealkylation sites (N-methyl/N-ethyl adjacent to an activating group) is 1. The van der Waals surface area contributed by atoms with Gasteiger partial charge in [-0.05, 0) is 6.07 Å². The van der Waals surface area contributed by atoms with Gasteiger partial charge in [0.15, 0.2) is 0 Å².